The van der Waals surface area contributed by atoms with Gasteiger partial charge in [0.15, 0.2) is 5.75 Å². The summed E-state index contributed by atoms with van der Waals surface area (Å²) >= 11 is 0. The van der Waals surface area contributed by atoms with Crippen molar-refractivity contribution in [2.75, 3.05) is 38.2 Å². The Hall–Kier alpha value is -1.86. The van der Waals surface area contributed by atoms with Crippen molar-refractivity contribution in [2.45, 2.75) is 32.4 Å². The normalized spacial score (nSPS) is 19.2. The lowest BCUT2D eigenvalue weighted by Gasteiger charge is -2.40. The maximum Gasteiger partial charge on any atom is 0.311 e. The van der Waals surface area contributed by atoms with Gasteiger partial charge in [-0.3, -0.25) is 15.0 Å². The molecule has 0 spiro atoms. The van der Waals surface area contributed by atoms with Crippen molar-refractivity contribution < 1.29 is 14.8 Å². The second-order valence-corrected chi connectivity index (χ2v) is 6.17. The molecule has 7 heteroatoms. The molecule has 0 amide bonds. The van der Waals surface area contributed by atoms with Gasteiger partial charge in [0.25, 0.3) is 0 Å². The SMILES string of the molecule is CC(C)Oc1cc(N2CCN(C)C(CCO)C2)ccc1[N+](=O)[O-]. The molecule has 128 valence electrons. The lowest BCUT2D eigenvalue weighted by atomic mass is 10.1. The number of nitro groups is 1. The number of piperazine rings is 1. The largest absolute Gasteiger partial charge is 0.484 e. The molecular formula is C16H25N3O4. The Morgan fingerprint density at radius 3 is 2.78 bits per heavy atom. The van der Waals surface area contributed by atoms with Crippen molar-refractivity contribution >= 4 is 11.4 Å². The molecule has 1 saturated heterocycles. The molecule has 0 radical (unpaired) electrons. The molecule has 0 saturated carbocycles. The first kappa shape index (κ1) is 17.5. The fourth-order valence-corrected chi connectivity index (χ4v) is 2.84. The van der Waals surface area contributed by atoms with E-state index in [0.29, 0.717) is 5.75 Å². The van der Waals surface area contributed by atoms with Crippen LogP contribution in [0.5, 0.6) is 5.75 Å². The highest BCUT2D eigenvalue weighted by molar-refractivity contribution is 5.59. The zero-order chi connectivity index (χ0) is 17.0. The van der Waals surface area contributed by atoms with Crippen LogP contribution in [-0.2, 0) is 0 Å². The number of rotatable bonds is 6. The number of benzene rings is 1. The lowest BCUT2D eigenvalue weighted by Crippen LogP contribution is -2.51. The van der Waals surface area contributed by atoms with Gasteiger partial charge in [0.1, 0.15) is 0 Å². The number of nitro benzene ring substituents is 1. The molecule has 1 aromatic rings. The molecule has 0 aromatic heterocycles. The Morgan fingerprint density at radius 2 is 2.17 bits per heavy atom. The smallest absolute Gasteiger partial charge is 0.311 e. The van der Waals surface area contributed by atoms with E-state index in [1.807, 2.05) is 13.8 Å². The van der Waals surface area contributed by atoms with E-state index in [-0.39, 0.29) is 24.4 Å². The third-order valence-corrected chi connectivity index (χ3v) is 4.11. The monoisotopic (exact) mass is 323 g/mol. The average Bonchev–Trinajstić information content (AvgIpc) is 2.48. The van der Waals surface area contributed by atoms with E-state index in [0.717, 1.165) is 31.7 Å². The van der Waals surface area contributed by atoms with E-state index >= 15 is 0 Å². The number of nitrogens with zero attached hydrogens (tertiary/aromatic N) is 3. The molecule has 1 heterocycles. The molecule has 1 fully saturated rings. The maximum absolute atomic E-state index is 11.1. The van der Waals surface area contributed by atoms with Gasteiger partial charge in [-0.05, 0) is 33.4 Å². The first-order valence-electron chi connectivity index (χ1n) is 7.93. The summed E-state index contributed by atoms with van der Waals surface area (Å²) in [6, 6.07) is 5.30. The van der Waals surface area contributed by atoms with Crippen LogP contribution in [0.25, 0.3) is 0 Å². The molecular weight excluding hydrogens is 298 g/mol. The van der Waals surface area contributed by atoms with Crippen LogP contribution in [0.3, 0.4) is 0 Å². The molecule has 1 unspecified atom stereocenters. The Labute approximate surface area is 136 Å². The predicted molar refractivity (Wildman–Crippen MR) is 89.2 cm³/mol. The highest BCUT2D eigenvalue weighted by atomic mass is 16.6. The summed E-state index contributed by atoms with van der Waals surface area (Å²) in [4.78, 5) is 15.2. The summed E-state index contributed by atoms with van der Waals surface area (Å²) in [6.07, 6.45) is 0.591. The van der Waals surface area contributed by atoms with E-state index < -0.39 is 4.92 Å². The highest BCUT2D eigenvalue weighted by Crippen LogP contribution is 2.33. The van der Waals surface area contributed by atoms with Crippen molar-refractivity contribution in [3.8, 4) is 5.75 Å². The van der Waals surface area contributed by atoms with Crippen LogP contribution in [0.15, 0.2) is 18.2 Å². The van der Waals surface area contributed by atoms with Crippen LogP contribution in [0.1, 0.15) is 20.3 Å². The minimum atomic E-state index is -0.417. The number of aliphatic hydroxyl groups excluding tert-OH is 1. The quantitative estimate of drug-likeness (QED) is 0.636. The molecule has 23 heavy (non-hydrogen) atoms. The molecule has 1 aromatic carbocycles. The van der Waals surface area contributed by atoms with Crippen molar-refractivity contribution in [1.82, 2.24) is 4.90 Å². The van der Waals surface area contributed by atoms with E-state index in [4.69, 9.17) is 4.74 Å². The Balaban J connectivity index is 2.23. The Morgan fingerprint density at radius 1 is 1.43 bits per heavy atom. The van der Waals surface area contributed by atoms with Crippen LogP contribution in [0.4, 0.5) is 11.4 Å². The van der Waals surface area contributed by atoms with Crippen LogP contribution < -0.4 is 9.64 Å². The summed E-state index contributed by atoms with van der Waals surface area (Å²) in [5.74, 6) is 0.306. The average molecular weight is 323 g/mol. The van der Waals surface area contributed by atoms with E-state index in [9.17, 15) is 15.2 Å². The van der Waals surface area contributed by atoms with Gasteiger partial charge in [-0.1, -0.05) is 0 Å². The summed E-state index contributed by atoms with van der Waals surface area (Å²) in [6.45, 7) is 6.38. The van der Waals surface area contributed by atoms with Gasteiger partial charge in [-0.15, -0.1) is 0 Å². The second kappa shape index (κ2) is 7.61. The first-order valence-corrected chi connectivity index (χ1v) is 7.93. The van der Waals surface area contributed by atoms with E-state index in [2.05, 4.69) is 16.8 Å². The van der Waals surface area contributed by atoms with Gasteiger partial charge in [0.05, 0.1) is 11.0 Å². The van der Waals surface area contributed by atoms with Crippen molar-refractivity contribution in [2.24, 2.45) is 0 Å². The topological polar surface area (TPSA) is 79.1 Å². The highest BCUT2D eigenvalue weighted by Gasteiger charge is 2.26. The predicted octanol–water partition coefficient (Wildman–Crippen LogP) is 1.88. The van der Waals surface area contributed by atoms with Gasteiger partial charge in [-0.25, -0.2) is 0 Å². The zero-order valence-electron chi connectivity index (χ0n) is 13.9. The van der Waals surface area contributed by atoms with Gasteiger partial charge < -0.3 is 14.7 Å². The van der Waals surface area contributed by atoms with Gasteiger partial charge in [0.2, 0.25) is 0 Å². The number of hydrogen-bond acceptors (Lipinski definition) is 6. The molecule has 1 atom stereocenters. The number of anilines is 1. The van der Waals surface area contributed by atoms with Gasteiger partial charge in [0, 0.05) is 50.1 Å². The maximum atomic E-state index is 11.1. The third-order valence-electron chi connectivity index (χ3n) is 4.11. The summed E-state index contributed by atoms with van der Waals surface area (Å²) in [5, 5.41) is 20.3. The molecule has 1 aliphatic rings. The molecule has 2 rings (SSSR count). The second-order valence-electron chi connectivity index (χ2n) is 6.17. The molecule has 0 aliphatic carbocycles. The fraction of sp³-hybridized carbons (Fsp3) is 0.625. The Kier molecular flexibility index (Phi) is 5.79. The number of aliphatic hydroxyl groups is 1. The number of ether oxygens (including phenoxy) is 1. The van der Waals surface area contributed by atoms with Crippen molar-refractivity contribution in [3.63, 3.8) is 0 Å². The van der Waals surface area contributed by atoms with Crippen molar-refractivity contribution in [3.05, 3.63) is 28.3 Å². The van der Waals surface area contributed by atoms with E-state index in [1.165, 1.54) is 6.07 Å². The van der Waals surface area contributed by atoms with Crippen LogP contribution in [0.2, 0.25) is 0 Å². The summed E-state index contributed by atoms with van der Waals surface area (Å²) in [5.41, 5.74) is 0.908. The van der Waals surface area contributed by atoms with Gasteiger partial charge >= 0.3 is 5.69 Å². The zero-order valence-corrected chi connectivity index (χ0v) is 13.9. The minimum Gasteiger partial charge on any atom is -0.484 e. The lowest BCUT2D eigenvalue weighted by molar-refractivity contribution is -0.386. The number of hydrogen-bond donors (Lipinski definition) is 1. The summed E-state index contributed by atoms with van der Waals surface area (Å²) < 4.78 is 5.61. The molecule has 0 bridgehead atoms. The van der Waals surface area contributed by atoms with Crippen LogP contribution >= 0.6 is 0 Å². The first-order chi connectivity index (χ1) is 10.9. The van der Waals surface area contributed by atoms with Crippen molar-refractivity contribution in [1.29, 1.82) is 0 Å². The Bertz CT molecular complexity index is 550. The molecule has 1 aliphatic heterocycles. The number of likely N-dealkylation sites (N-methyl/N-ethyl adjacent to an activating group) is 1. The van der Waals surface area contributed by atoms with Crippen LogP contribution in [0, 0.1) is 10.1 Å². The summed E-state index contributed by atoms with van der Waals surface area (Å²) in [7, 11) is 2.06. The molecule has 1 N–H and O–H groups in total. The van der Waals surface area contributed by atoms with Crippen LogP contribution in [-0.4, -0.2) is 60.4 Å². The van der Waals surface area contributed by atoms with E-state index in [1.54, 1.807) is 12.1 Å². The fourth-order valence-electron chi connectivity index (χ4n) is 2.84. The molecule has 7 nitrogen and oxygen atoms in total. The van der Waals surface area contributed by atoms with Gasteiger partial charge in [-0.2, -0.15) is 0 Å². The minimum absolute atomic E-state index is 0.0107. The third kappa shape index (κ3) is 4.33. The standard InChI is InChI=1S/C16H25N3O4/c1-12(2)23-16-10-13(4-5-15(16)19(21)22)18-8-7-17(3)14(11-18)6-9-20/h4-5,10,12,14,20H,6-9,11H2,1-3H3.